The van der Waals surface area contributed by atoms with Crippen LogP contribution >= 0.6 is 7.26 Å². The van der Waals surface area contributed by atoms with Gasteiger partial charge >= 0.3 is 6.18 Å². The lowest BCUT2D eigenvalue weighted by Gasteiger charge is -2.28. The Morgan fingerprint density at radius 2 is 1.14 bits per heavy atom. The second-order valence-electron chi connectivity index (χ2n) is 9.39. The molecule has 0 bridgehead atoms. The summed E-state index contributed by atoms with van der Waals surface area (Å²) in [5, 5.41) is 3.49. The Labute approximate surface area is 254 Å². The second-order valence-corrected chi connectivity index (χ2v) is 12.9. The van der Waals surface area contributed by atoms with Crippen LogP contribution in [0.4, 0.5) is 17.6 Å². The van der Waals surface area contributed by atoms with Gasteiger partial charge < -0.3 is 21.7 Å². The molecule has 212 valence electrons. The number of hydrogen-bond acceptors (Lipinski definition) is 1. The number of alkyl halides is 3. The summed E-state index contributed by atoms with van der Waals surface area (Å²) in [7, 11) is -2.30. The van der Waals surface area contributed by atoms with Gasteiger partial charge in [0.2, 0.25) is 0 Å². The summed E-state index contributed by atoms with van der Waals surface area (Å²) in [6, 6.07) is 40.0. The molecular weight excluding hydrogens is 623 g/mol. The Morgan fingerprint density at radius 3 is 1.62 bits per heavy atom. The van der Waals surface area contributed by atoms with Crippen LogP contribution < -0.4 is 37.6 Å². The standard InChI is InChI=1S/C35H26F4OP.BrH/c36-30-22-23-34(40-24-10-11-27-18-20-29(21-19-27)35(37,38)39)28(25-30)26-41(31-12-4-1-5-13-31,32-14-6-2-7-15-32)33-16-8-3-9-17-33;/h1-9,12-23,25H,24,26H2;1H/q+1;/p-1. The van der Waals surface area contributed by atoms with E-state index in [1.807, 2.05) is 54.6 Å². The van der Waals surface area contributed by atoms with E-state index in [0.717, 1.165) is 28.0 Å². The van der Waals surface area contributed by atoms with E-state index in [4.69, 9.17) is 4.74 Å². The molecule has 0 aromatic heterocycles. The summed E-state index contributed by atoms with van der Waals surface area (Å²) in [5.41, 5.74) is 0.437. The monoisotopic (exact) mass is 648 g/mol. The minimum atomic E-state index is -4.40. The molecule has 0 heterocycles. The fourth-order valence-electron chi connectivity index (χ4n) is 4.83. The first-order valence-corrected chi connectivity index (χ1v) is 15.0. The summed E-state index contributed by atoms with van der Waals surface area (Å²) in [6.45, 7) is -0.00684. The first-order valence-electron chi connectivity index (χ1n) is 13.0. The molecule has 42 heavy (non-hydrogen) atoms. The molecule has 5 aromatic carbocycles. The zero-order chi connectivity index (χ0) is 28.7. The van der Waals surface area contributed by atoms with E-state index in [1.54, 1.807) is 6.07 Å². The van der Waals surface area contributed by atoms with E-state index in [2.05, 4.69) is 48.2 Å². The highest BCUT2D eigenvalue weighted by atomic mass is 79.9. The molecule has 0 aliphatic rings. The first kappa shape index (κ1) is 31.0. The van der Waals surface area contributed by atoms with Crippen molar-refractivity contribution in [2.75, 3.05) is 6.61 Å². The van der Waals surface area contributed by atoms with E-state index in [-0.39, 0.29) is 29.4 Å². The predicted molar refractivity (Wildman–Crippen MR) is 159 cm³/mol. The molecule has 7 heteroatoms. The van der Waals surface area contributed by atoms with Crippen molar-refractivity contribution >= 4 is 23.2 Å². The van der Waals surface area contributed by atoms with E-state index >= 15 is 0 Å². The molecule has 0 aliphatic heterocycles. The Bertz CT molecular complexity index is 1550. The number of ether oxygens (including phenoxy) is 1. The van der Waals surface area contributed by atoms with Gasteiger partial charge in [0, 0.05) is 11.1 Å². The predicted octanol–water partition coefficient (Wildman–Crippen LogP) is 4.77. The van der Waals surface area contributed by atoms with Gasteiger partial charge in [-0.25, -0.2) is 4.39 Å². The summed E-state index contributed by atoms with van der Waals surface area (Å²) in [6.07, 6.45) is -3.88. The lowest BCUT2D eigenvalue weighted by molar-refractivity contribution is -0.137. The van der Waals surface area contributed by atoms with Gasteiger partial charge in [0.25, 0.3) is 0 Å². The summed E-state index contributed by atoms with van der Waals surface area (Å²) >= 11 is 0. The van der Waals surface area contributed by atoms with Crippen molar-refractivity contribution in [2.45, 2.75) is 12.3 Å². The van der Waals surface area contributed by atoms with Gasteiger partial charge in [-0.15, -0.1) is 0 Å². The first-order chi connectivity index (χ1) is 19.9. The number of halogens is 5. The van der Waals surface area contributed by atoms with Gasteiger partial charge in [0.15, 0.2) is 0 Å². The van der Waals surface area contributed by atoms with Crippen LogP contribution in [0.2, 0.25) is 0 Å². The van der Waals surface area contributed by atoms with Gasteiger partial charge in [-0.2, -0.15) is 13.2 Å². The SMILES string of the molecule is Fc1ccc(OCC#Cc2ccc(C(F)(F)F)cc2)c(C[P+](c2ccccc2)(c2ccccc2)c2ccccc2)c1.[Br-]. The molecule has 5 rings (SSSR count). The molecule has 0 unspecified atom stereocenters. The smallest absolute Gasteiger partial charge is 0.416 e. The van der Waals surface area contributed by atoms with E-state index < -0.39 is 19.0 Å². The Kier molecular flexibility index (Phi) is 10.2. The lowest BCUT2D eigenvalue weighted by atomic mass is 10.1. The molecular formula is C35H26BrF4OP. The van der Waals surface area contributed by atoms with Crippen molar-refractivity contribution in [1.82, 2.24) is 0 Å². The van der Waals surface area contributed by atoms with Gasteiger partial charge in [-0.05, 0) is 78.9 Å². The summed E-state index contributed by atoms with van der Waals surface area (Å²) in [4.78, 5) is 0. The van der Waals surface area contributed by atoms with Crippen molar-refractivity contribution < 1.29 is 39.3 Å². The van der Waals surface area contributed by atoms with Crippen molar-refractivity contribution in [3.8, 4) is 17.6 Å². The Morgan fingerprint density at radius 1 is 0.643 bits per heavy atom. The minimum Gasteiger partial charge on any atom is -1.00 e. The highest BCUT2D eigenvalue weighted by Crippen LogP contribution is 2.59. The third-order valence-corrected chi connectivity index (χ3v) is 11.1. The number of rotatable bonds is 7. The minimum absolute atomic E-state index is 0. The van der Waals surface area contributed by atoms with Crippen molar-refractivity contribution in [1.29, 1.82) is 0 Å². The fraction of sp³-hybridized carbons (Fsp3) is 0.0857. The summed E-state index contributed by atoms with van der Waals surface area (Å²) in [5.74, 6) is 5.86. The highest BCUT2D eigenvalue weighted by molar-refractivity contribution is 7.95. The maximum Gasteiger partial charge on any atom is 0.416 e. The average Bonchev–Trinajstić information content (AvgIpc) is 3.00. The molecule has 0 saturated carbocycles. The van der Waals surface area contributed by atoms with Crippen LogP contribution in [-0.2, 0) is 12.3 Å². The molecule has 0 spiro atoms. The maximum atomic E-state index is 14.7. The lowest BCUT2D eigenvalue weighted by Crippen LogP contribution is -3.00. The van der Waals surface area contributed by atoms with E-state index in [0.29, 0.717) is 23.0 Å². The average molecular weight is 649 g/mol. The third kappa shape index (κ3) is 7.10. The largest absolute Gasteiger partial charge is 1.00 e. The van der Waals surface area contributed by atoms with Crippen LogP contribution in [0.15, 0.2) is 133 Å². The Hall–Kier alpha value is -3.91. The topological polar surface area (TPSA) is 9.23 Å². The normalized spacial score (nSPS) is 11.1. The maximum absolute atomic E-state index is 14.7. The molecule has 5 aromatic rings. The zero-order valence-corrected chi connectivity index (χ0v) is 24.8. The number of hydrogen-bond donors (Lipinski definition) is 0. The van der Waals surface area contributed by atoms with Gasteiger partial charge in [0.1, 0.15) is 47.5 Å². The molecule has 0 amide bonds. The number of benzene rings is 5. The van der Waals surface area contributed by atoms with Crippen molar-refractivity contribution in [3.63, 3.8) is 0 Å². The molecule has 0 aliphatic carbocycles. The second kappa shape index (κ2) is 13.8. The van der Waals surface area contributed by atoms with Gasteiger partial charge in [-0.1, -0.05) is 66.4 Å². The van der Waals surface area contributed by atoms with Gasteiger partial charge in [0.05, 0.1) is 5.56 Å². The van der Waals surface area contributed by atoms with Crippen LogP contribution in [0, 0.1) is 17.7 Å². The third-order valence-electron chi connectivity index (χ3n) is 6.77. The van der Waals surface area contributed by atoms with Crippen LogP contribution in [0.25, 0.3) is 0 Å². The molecule has 0 atom stereocenters. The molecule has 0 radical (unpaired) electrons. The fourth-order valence-corrected chi connectivity index (χ4v) is 9.07. The zero-order valence-electron chi connectivity index (χ0n) is 22.4. The van der Waals surface area contributed by atoms with Crippen molar-refractivity contribution in [3.05, 3.63) is 156 Å². The molecule has 0 saturated heterocycles. The quantitative estimate of drug-likeness (QED) is 0.140. The summed E-state index contributed by atoms with van der Waals surface area (Å²) < 4.78 is 59.3. The van der Waals surface area contributed by atoms with E-state index in [1.165, 1.54) is 24.3 Å². The molecule has 0 N–H and O–H groups in total. The molecule has 0 fully saturated rings. The van der Waals surface area contributed by atoms with Crippen LogP contribution in [0.3, 0.4) is 0 Å². The van der Waals surface area contributed by atoms with Crippen LogP contribution in [0.1, 0.15) is 16.7 Å². The molecule has 1 nitrogen and oxygen atoms in total. The van der Waals surface area contributed by atoms with E-state index in [9.17, 15) is 17.6 Å². The van der Waals surface area contributed by atoms with Crippen LogP contribution in [-0.4, -0.2) is 6.61 Å². The van der Waals surface area contributed by atoms with Crippen molar-refractivity contribution in [2.24, 2.45) is 0 Å². The van der Waals surface area contributed by atoms with Crippen LogP contribution in [0.5, 0.6) is 5.75 Å². The van der Waals surface area contributed by atoms with Gasteiger partial charge in [-0.3, -0.25) is 0 Å². The highest BCUT2D eigenvalue weighted by Gasteiger charge is 2.46. The Balaban J connectivity index is 0.00000405.